The molecule has 0 saturated heterocycles. The Morgan fingerprint density at radius 1 is 1.05 bits per heavy atom. The molecule has 22 heavy (non-hydrogen) atoms. The molecule has 2 aliphatic carbocycles. The first-order valence-electron chi connectivity index (χ1n) is 6.25. The zero-order chi connectivity index (χ0) is 16.2. The summed E-state index contributed by atoms with van der Waals surface area (Å²) in [6, 6.07) is 6.30. The Balaban J connectivity index is 2.28. The van der Waals surface area contributed by atoms with Gasteiger partial charge in [-0.15, -0.1) is 0 Å². The third kappa shape index (κ3) is 2.06. The molecule has 1 aromatic rings. The topological polar surface area (TPSA) is 115 Å². The number of allylic oxidation sites excluding steroid dienone is 3. The zero-order valence-electron chi connectivity index (χ0n) is 11.0. The molecule has 0 radical (unpaired) electrons. The number of hydrogen-bond donors (Lipinski definition) is 2. The Bertz CT molecular complexity index is 884. The maximum absolute atomic E-state index is 12.6. The molecule has 0 fully saturated rings. The second-order valence-corrected chi connectivity index (χ2v) is 7.36. The van der Waals surface area contributed by atoms with Gasteiger partial charge in [-0.1, -0.05) is 40.2 Å². The highest BCUT2D eigenvalue weighted by molar-refractivity contribution is 9.11. The highest BCUT2D eigenvalue weighted by atomic mass is 79.9. The molecule has 2 aliphatic rings. The minimum Gasteiger partial charge on any atom is -0.400 e. The van der Waals surface area contributed by atoms with Crippen molar-refractivity contribution in [2.75, 3.05) is 0 Å². The molecular formula is C14H10BrNO5S. The summed E-state index contributed by atoms with van der Waals surface area (Å²) < 4.78 is 32.3. The van der Waals surface area contributed by atoms with Crippen LogP contribution in [-0.2, 0) is 10.1 Å². The highest BCUT2D eigenvalue weighted by Gasteiger charge is 2.47. The first-order valence-corrected chi connectivity index (χ1v) is 8.48. The Morgan fingerprint density at radius 3 is 2.05 bits per heavy atom. The van der Waals surface area contributed by atoms with Gasteiger partial charge in [0, 0.05) is 21.3 Å². The number of hydrogen-bond acceptors (Lipinski definition) is 5. The van der Waals surface area contributed by atoms with Crippen LogP contribution in [-0.4, -0.2) is 24.5 Å². The van der Waals surface area contributed by atoms with E-state index in [1.54, 1.807) is 18.2 Å². The zero-order valence-corrected chi connectivity index (χ0v) is 13.4. The van der Waals surface area contributed by atoms with Gasteiger partial charge in [0.15, 0.2) is 11.6 Å². The molecule has 8 heteroatoms. The van der Waals surface area contributed by atoms with Crippen LogP contribution in [0.2, 0.25) is 0 Å². The molecule has 0 aromatic heterocycles. The van der Waals surface area contributed by atoms with Gasteiger partial charge in [0.25, 0.3) is 10.1 Å². The molecule has 1 aromatic carbocycles. The summed E-state index contributed by atoms with van der Waals surface area (Å²) in [6.45, 7) is 0. The number of fused-ring (bicyclic) bond motifs is 2. The van der Waals surface area contributed by atoms with Crippen molar-refractivity contribution < 1.29 is 22.6 Å². The Hall–Kier alpha value is -1.77. The summed E-state index contributed by atoms with van der Waals surface area (Å²) in [7, 11) is -4.59. The molecule has 2 atom stereocenters. The van der Waals surface area contributed by atoms with Crippen LogP contribution in [0.5, 0.6) is 0 Å². The molecule has 3 rings (SSSR count). The van der Waals surface area contributed by atoms with Crippen molar-refractivity contribution in [1.82, 2.24) is 0 Å². The van der Waals surface area contributed by atoms with E-state index in [9.17, 15) is 22.6 Å². The minimum atomic E-state index is -4.59. The van der Waals surface area contributed by atoms with Crippen LogP contribution in [0.4, 0.5) is 0 Å². The summed E-state index contributed by atoms with van der Waals surface area (Å²) in [6.07, 6.45) is 1.07. The van der Waals surface area contributed by atoms with Crippen molar-refractivity contribution in [3.8, 4) is 0 Å². The Kier molecular flexibility index (Phi) is 3.35. The van der Waals surface area contributed by atoms with Gasteiger partial charge in [-0.25, -0.2) is 0 Å². The van der Waals surface area contributed by atoms with E-state index >= 15 is 0 Å². The predicted molar refractivity (Wildman–Crippen MR) is 81.9 cm³/mol. The lowest BCUT2D eigenvalue weighted by Crippen LogP contribution is -2.42. The van der Waals surface area contributed by atoms with Gasteiger partial charge < -0.3 is 5.73 Å². The van der Waals surface area contributed by atoms with Crippen LogP contribution in [0.1, 0.15) is 20.7 Å². The minimum absolute atomic E-state index is 0.201. The highest BCUT2D eigenvalue weighted by Crippen LogP contribution is 2.44. The monoisotopic (exact) mass is 383 g/mol. The van der Waals surface area contributed by atoms with E-state index in [-0.39, 0.29) is 27.1 Å². The summed E-state index contributed by atoms with van der Waals surface area (Å²) in [5.41, 5.74) is 5.96. The molecule has 6 nitrogen and oxygen atoms in total. The maximum Gasteiger partial charge on any atom is 0.296 e. The summed E-state index contributed by atoms with van der Waals surface area (Å²) >= 11 is 3.13. The third-order valence-electron chi connectivity index (χ3n) is 3.82. The summed E-state index contributed by atoms with van der Waals surface area (Å²) in [4.78, 5) is 24.7. The van der Waals surface area contributed by atoms with Crippen LogP contribution in [0, 0.1) is 11.8 Å². The Labute approximate surface area is 134 Å². The lowest BCUT2D eigenvalue weighted by atomic mass is 9.71. The van der Waals surface area contributed by atoms with E-state index in [2.05, 4.69) is 15.9 Å². The fraction of sp³-hybridized carbons (Fsp3) is 0.143. The van der Waals surface area contributed by atoms with Crippen molar-refractivity contribution in [3.05, 3.63) is 56.6 Å². The maximum atomic E-state index is 12.6. The quantitative estimate of drug-likeness (QED) is 0.712. The number of benzene rings is 1. The average molecular weight is 384 g/mol. The first kappa shape index (κ1) is 15.1. The van der Waals surface area contributed by atoms with Crippen molar-refractivity contribution in [2.24, 2.45) is 17.6 Å². The van der Waals surface area contributed by atoms with Crippen LogP contribution in [0.25, 0.3) is 0 Å². The molecule has 2 unspecified atom stereocenters. The molecule has 0 bridgehead atoms. The van der Waals surface area contributed by atoms with Gasteiger partial charge in [-0.3, -0.25) is 14.1 Å². The van der Waals surface area contributed by atoms with E-state index in [0.717, 1.165) is 6.08 Å². The van der Waals surface area contributed by atoms with Gasteiger partial charge in [-0.05, 0) is 6.08 Å². The third-order valence-corrected chi connectivity index (χ3v) is 5.45. The van der Waals surface area contributed by atoms with Crippen molar-refractivity contribution in [1.29, 1.82) is 0 Å². The normalized spacial score (nSPS) is 24.7. The van der Waals surface area contributed by atoms with E-state index in [1.165, 1.54) is 6.07 Å². The van der Waals surface area contributed by atoms with Gasteiger partial charge in [-0.2, -0.15) is 8.42 Å². The molecule has 0 aliphatic heterocycles. The number of halogens is 1. The number of ketones is 2. The lowest BCUT2D eigenvalue weighted by Gasteiger charge is -2.34. The smallest absolute Gasteiger partial charge is 0.296 e. The predicted octanol–water partition coefficient (Wildman–Crippen LogP) is 1.65. The van der Waals surface area contributed by atoms with Crippen LogP contribution < -0.4 is 5.73 Å². The molecule has 3 N–H and O–H groups in total. The number of carbonyl (C=O) groups is 2. The number of Topliss-reactive ketones (excluding diaryl/α,β-unsaturated/α-hetero) is 2. The molecular weight excluding hydrogens is 374 g/mol. The fourth-order valence-corrected chi connectivity index (χ4v) is 4.38. The van der Waals surface area contributed by atoms with Gasteiger partial charge in [0.05, 0.1) is 11.8 Å². The van der Waals surface area contributed by atoms with E-state index < -0.39 is 32.6 Å². The number of rotatable bonds is 1. The van der Waals surface area contributed by atoms with E-state index in [0.29, 0.717) is 0 Å². The van der Waals surface area contributed by atoms with E-state index in [1.807, 2.05) is 0 Å². The second kappa shape index (κ2) is 4.87. The van der Waals surface area contributed by atoms with Gasteiger partial charge >= 0.3 is 0 Å². The van der Waals surface area contributed by atoms with Crippen molar-refractivity contribution in [3.63, 3.8) is 0 Å². The second-order valence-electron chi connectivity index (χ2n) is 5.05. The van der Waals surface area contributed by atoms with Gasteiger partial charge in [0.2, 0.25) is 0 Å². The van der Waals surface area contributed by atoms with Gasteiger partial charge in [0.1, 0.15) is 4.91 Å². The SMILES string of the molecule is NC1=C(S(=O)(=O)O)C=C(Br)C2C(=O)c3ccccc3C(=O)C12. The fourth-order valence-electron chi connectivity index (χ4n) is 2.83. The summed E-state index contributed by atoms with van der Waals surface area (Å²) in [5, 5.41) is 0. The largest absolute Gasteiger partial charge is 0.400 e. The molecule has 0 spiro atoms. The van der Waals surface area contributed by atoms with Crippen molar-refractivity contribution >= 4 is 37.6 Å². The van der Waals surface area contributed by atoms with Crippen LogP contribution in [0.3, 0.4) is 0 Å². The average Bonchev–Trinajstić information content (AvgIpc) is 2.45. The van der Waals surface area contributed by atoms with E-state index in [4.69, 9.17) is 5.73 Å². The summed E-state index contributed by atoms with van der Waals surface area (Å²) in [5.74, 6) is -2.81. The van der Waals surface area contributed by atoms with Crippen LogP contribution in [0.15, 0.2) is 45.4 Å². The molecule has 0 saturated carbocycles. The number of nitrogens with two attached hydrogens (primary N) is 1. The molecule has 0 heterocycles. The standard InChI is InChI=1S/C14H10BrNO5S/c15-8-5-9(22(19,20)21)12(16)11-10(8)13(17)6-3-1-2-4-7(6)14(11)18/h1-5,10-11H,16H2,(H,19,20,21). The first-order chi connectivity index (χ1) is 10.2. The van der Waals surface area contributed by atoms with Crippen LogP contribution >= 0.6 is 15.9 Å². The lowest BCUT2D eigenvalue weighted by molar-refractivity contribution is 0.0790. The Morgan fingerprint density at radius 2 is 1.55 bits per heavy atom. The molecule has 114 valence electrons. The number of carbonyl (C=O) groups excluding carboxylic acids is 2. The molecule has 0 amide bonds. The van der Waals surface area contributed by atoms with Crippen molar-refractivity contribution in [2.45, 2.75) is 0 Å².